The summed E-state index contributed by atoms with van der Waals surface area (Å²) < 4.78 is 5.11. The van der Waals surface area contributed by atoms with Gasteiger partial charge in [-0.1, -0.05) is 19.8 Å². The van der Waals surface area contributed by atoms with Gasteiger partial charge >= 0.3 is 0 Å². The van der Waals surface area contributed by atoms with Crippen molar-refractivity contribution in [3.05, 3.63) is 16.3 Å². The van der Waals surface area contributed by atoms with Gasteiger partial charge in [0.05, 0.1) is 17.5 Å². The fourth-order valence-electron chi connectivity index (χ4n) is 2.79. The molecule has 5 heteroatoms. The molecule has 2 rings (SSSR count). The summed E-state index contributed by atoms with van der Waals surface area (Å²) in [4.78, 5) is 13.0. The highest BCUT2D eigenvalue weighted by molar-refractivity contribution is 7.12. The molecule has 0 aromatic carbocycles. The zero-order valence-electron chi connectivity index (χ0n) is 11.6. The van der Waals surface area contributed by atoms with Crippen LogP contribution in [0.4, 0.5) is 0 Å². The second-order valence-corrected chi connectivity index (χ2v) is 6.22. The highest BCUT2D eigenvalue weighted by atomic mass is 32.1. The minimum atomic E-state index is -0.243. The molecular weight excluding hydrogens is 260 g/mol. The predicted molar refractivity (Wildman–Crippen MR) is 77.8 cm³/mol. The average Bonchev–Trinajstić information content (AvgIpc) is 2.90. The lowest BCUT2D eigenvalue weighted by Crippen LogP contribution is -2.59. The number of carbonyl (C=O) groups is 1. The van der Waals surface area contributed by atoms with Crippen molar-refractivity contribution in [2.45, 2.75) is 38.1 Å². The van der Waals surface area contributed by atoms with Crippen LogP contribution in [0.2, 0.25) is 0 Å². The Morgan fingerprint density at radius 2 is 2.42 bits per heavy atom. The van der Waals surface area contributed by atoms with Gasteiger partial charge in [0.2, 0.25) is 0 Å². The fourth-order valence-corrected chi connectivity index (χ4v) is 3.54. The molecule has 0 spiro atoms. The fraction of sp³-hybridized carbons (Fsp3) is 0.643. The maximum atomic E-state index is 12.3. The average molecular weight is 282 g/mol. The summed E-state index contributed by atoms with van der Waals surface area (Å²) in [6, 6.07) is 1.78. The van der Waals surface area contributed by atoms with Crippen molar-refractivity contribution in [3.63, 3.8) is 0 Å². The Labute approximate surface area is 118 Å². The molecule has 0 radical (unpaired) electrons. The van der Waals surface area contributed by atoms with Gasteiger partial charge < -0.3 is 15.8 Å². The van der Waals surface area contributed by atoms with Crippen molar-refractivity contribution in [3.8, 4) is 5.75 Å². The number of methoxy groups -OCH3 is 1. The minimum absolute atomic E-state index is 0.0347. The minimum Gasteiger partial charge on any atom is -0.496 e. The highest BCUT2D eigenvalue weighted by Gasteiger charge is 2.38. The van der Waals surface area contributed by atoms with E-state index in [9.17, 15) is 4.79 Å². The first-order valence-corrected chi connectivity index (χ1v) is 7.64. The molecule has 0 saturated heterocycles. The van der Waals surface area contributed by atoms with Gasteiger partial charge in [0.15, 0.2) is 0 Å². The van der Waals surface area contributed by atoms with Gasteiger partial charge in [-0.3, -0.25) is 4.79 Å². The van der Waals surface area contributed by atoms with Crippen molar-refractivity contribution >= 4 is 17.2 Å². The van der Waals surface area contributed by atoms with E-state index in [0.717, 1.165) is 25.0 Å². The van der Waals surface area contributed by atoms with Crippen LogP contribution in [0.5, 0.6) is 5.75 Å². The third-order valence-corrected chi connectivity index (χ3v) is 5.12. The van der Waals surface area contributed by atoms with E-state index < -0.39 is 0 Å². The van der Waals surface area contributed by atoms with Gasteiger partial charge in [0, 0.05) is 18.0 Å². The van der Waals surface area contributed by atoms with Crippen LogP contribution in [-0.2, 0) is 0 Å². The number of ether oxygens (including phenoxy) is 1. The Morgan fingerprint density at radius 1 is 1.63 bits per heavy atom. The Bertz CT molecular complexity index is 446. The van der Waals surface area contributed by atoms with Crippen LogP contribution in [0.1, 0.15) is 42.3 Å². The lowest BCUT2D eigenvalue weighted by atomic mass is 9.73. The van der Waals surface area contributed by atoms with E-state index >= 15 is 0 Å². The van der Waals surface area contributed by atoms with Crippen molar-refractivity contribution < 1.29 is 9.53 Å². The van der Waals surface area contributed by atoms with E-state index in [-0.39, 0.29) is 11.4 Å². The Morgan fingerprint density at radius 3 is 3.00 bits per heavy atom. The van der Waals surface area contributed by atoms with Crippen LogP contribution in [0.3, 0.4) is 0 Å². The highest BCUT2D eigenvalue weighted by Crippen LogP contribution is 2.33. The van der Waals surface area contributed by atoms with Gasteiger partial charge in [-0.25, -0.2) is 0 Å². The summed E-state index contributed by atoms with van der Waals surface area (Å²) in [5.74, 6) is 1.12. The normalized spacial score (nSPS) is 27.0. The van der Waals surface area contributed by atoms with E-state index in [0.29, 0.717) is 17.3 Å². The summed E-state index contributed by atoms with van der Waals surface area (Å²) in [6.45, 7) is 2.68. The molecule has 1 aromatic rings. The van der Waals surface area contributed by atoms with Crippen molar-refractivity contribution in [2.75, 3.05) is 13.7 Å². The molecule has 1 aliphatic rings. The Hall–Kier alpha value is -1.07. The smallest absolute Gasteiger partial charge is 0.261 e. The van der Waals surface area contributed by atoms with E-state index in [1.165, 1.54) is 17.8 Å². The third-order valence-electron chi connectivity index (χ3n) is 4.21. The summed E-state index contributed by atoms with van der Waals surface area (Å²) >= 11 is 1.40. The van der Waals surface area contributed by atoms with Gasteiger partial charge in [-0.2, -0.15) is 0 Å². The topological polar surface area (TPSA) is 64.3 Å². The monoisotopic (exact) mass is 282 g/mol. The molecule has 4 nitrogen and oxygen atoms in total. The number of thiophene rings is 1. The van der Waals surface area contributed by atoms with Crippen LogP contribution >= 0.6 is 11.3 Å². The molecule has 1 fully saturated rings. The molecule has 3 N–H and O–H groups in total. The standard InChI is InChI=1S/C14H22N2O2S/c1-10-5-3-4-6-14(10,9-15)16-13(17)12-7-11(18-2)8-19-12/h7-8,10H,3-6,9,15H2,1-2H3,(H,16,17). The van der Waals surface area contributed by atoms with Crippen LogP contribution in [0.25, 0.3) is 0 Å². The number of nitrogens with two attached hydrogens (primary N) is 1. The summed E-state index contributed by atoms with van der Waals surface area (Å²) in [5.41, 5.74) is 5.71. The predicted octanol–water partition coefficient (Wildman–Crippen LogP) is 2.39. The number of rotatable bonds is 4. The maximum absolute atomic E-state index is 12.3. The van der Waals surface area contributed by atoms with E-state index in [1.54, 1.807) is 13.2 Å². The second-order valence-electron chi connectivity index (χ2n) is 5.31. The van der Waals surface area contributed by atoms with Crippen LogP contribution in [0.15, 0.2) is 11.4 Å². The van der Waals surface area contributed by atoms with Gasteiger partial charge in [0.1, 0.15) is 5.75 Å². The molecule has 2 atom stereocenters. The van der Waals surface area contributed by atoms with E-state index in [2.05, 4.69) is 12.2 Å². The third kappa shape index (κ3) is 2.92. The number of carbonyl (C=O) groups excluding carboxylic acids is 1. The van der Waals surface area contributed by atoms with Crippen LogP contribution < -0.4 is 15.8 Å². The SMILES string of the molecule is COc1csc(C(=O)NC2(CN)CCCCC2C)c1. The zero-order chi connectivity index (χ0) is 13.9. The number of amides is 1. The van der Waals surface area contributed by atoms with Crippen molar-refractivity contribution in [1.82, 2.24) is 5.32 Å². The molecule has 2 unspecified atom stereocenters. The number of hydrogen-bond acceptors (Lipinski definition) is 4. The number of nitrogens with one attached hydrogen (secondary N) is 1. The van der Waals surface area contributed by atoms with Crippen molar-refractivity contribution in [2.24, 2.45) is 11.7 Å². The van der Waals surface area contributed by atoms with Gasteiger partial charge in [0.25, 0.3) is 5.91 Å². The molecule has 1 amide bonds. The molecule has 0 aliphatic heterocycles. The molecule has 1 aromatic heterocycles. The lowest BCUT2D eigenvalue weighted by molar-refractivity contribution is 0.0817. The van der Waals surface area contributed by atoms with Gasteiger partial charge in [-0.15, -0.1) is 11.3 Å². The van der Waals surface area contributed by atoms with Crippen LogP contribution in [0, 0.1) is 5.92 Å². The summed E-state index contributed by atoms with van der Waals surface area (Å²) in [5, 5.41) is 5.02. The first-order chi connectivity index (χ1) is 9.11. The van der Waals surface area contributed by atoms with E-state index in [1.807, 2.05) is 5.38 Å². The maximum Gasteiger partial charge on any atom is 0.261 e. The first-order valence-electron chi connectivity index (χ1n) is 6.76. The molecule has 106 valence electrons. The summed E-state index contributed by atoms with van der Waals surface area (Å²) in [6.07, 6.45) is 4.46. The quantitative estimate of drug-likeness (QED) is 0.891. The molecule has 0 bridgehead atoms. The zero-order valence-corrected chi connectivity index (χ0v) is 12.4. The molecule has 1 aliphatic carbocycles. The molecule has 1 saturated carbocycles. The van der Waals surface area contributed by atoms with Crippen LogP contribution in [-0.4, -0.2) is 25.1 Å². The first kappa shape index (κ1) is 14.3. The Kier molecular flexibility index (Phi) is 4.47. The molecule has 1 heterocycles. The van der Waals surface area contributed by atoms with Crippen molar-refractivity contribution in [1.29, 1.82) is 0 Å². The number of hydrogen-bond donors (Lipinski definition) is 2. The second kappa shape index (κ2) is 5.92. The largest absolute Gasteiger partial charge is 0.496 e. The molecular formula is C14H22N2O2S. The summed E-state index contributed by atoms with van der Waals surface area (Å²) in [7, 11) is 1.61. The van der Waals surface area contributed by atoms with E-state index in [4.69, 9.17) is 10.5 Å². The molecule has 19 heavy (non-hydrogen) atoms. The van der Waals surface area contributed by atoms with Gasteiger partial charge in [-0.05, 0) is 18.8 Å². The lowest BCUT2D eigenvalue weighted by Gasteiger charge is -2.42. The Balaban J connectivity index is 2.11.